The molecule has 1 amide bonds. The molecule has 0 N–H and O–H groups in total. The van der Waals surface area contributed by atoms with Crippen molar-refractivity contribution in [3.8, 4) is 11.6 Å². The third-order valence-electron chi connectivity index (χ3n) is 5.34. The molecular formula is C22H22F2N5O3P. The van der Waals surface area contributed by atoms with Crippen molar-refractivity contribution in [1.29, 1.82) is 0 Å². The topological polar surface area (TPSA) is 90.2 Å². The van der Waals surface area contributed by atoms with Gasteiger partial charge >= 0.3 is 0 Å². The van der Waals surface area contributed by atoms with Crippen molar-refractivity contribution in [3.05, 3.63) is 65.6 Å². The maximum absolute atomic E-state index is 14.0. The average Bonchev–Trinajstić information content (AvgIpc) is 3.33. The Morgan fingerprint density at radius 3 is 2.58 bits per heavy atom. The number of amides is 1. The molecule has 33 heavy (non-hydrogen) atoms. The van der Waals surface area contributed by atoms with E-state index < -0.39 is 23.1 Å². The summed E-state index contributed by atoms with van der Waals surface area (Å²) in [4.78, 5) is 32.5. The number of alkyl halides is 2. The van der Waals surface area contributed by atoms with E-state index in [1.165, 1.54) is 39.6 Å². The number of nitrogens with zero attached hydrogens (tertiary/aromatic N) is 5. The van der Waals surface area contributed by atoms with E-state index in [4.69, 9.17) is 4.74 Å². The van der Waals surface area contributed by atoms with E-state index in [-0.39, 0.29) is 23.9 Å². The Hall–Kier alpha value is -3.26. The van der Waals surface area contributed by atoms with Gasteiger partial charge in [0.2, 0.25) is 5.88 Å². The van der Waals surface area contributed by atoms with Crippen LogP contribution in [-0.4, -0.2) is 55.8 Å². The summed E-state index contributed by atoms with van der Waals surface area (Å²) in [6.45, 7) is 1.93. The van der Waals surface area contributed by atoms with Gasteiger partial charge in [0.05, 0.1) is 35.8 Å². The van der Waals surface area contributed by atoms with Crippen LogP contribution in [0.4, 0.5) is 8.78 Å². The summed E-state index contributed by atoms with van der Waals surface area (Å²) in [6, 6.07) is 8.11. The van der Waals surface area contributed by atoms with E-state index in [2.05, 4.69) is 15.2 Å². The number of pyridine rings is 1. The highest BCUT2D eigenvalue weighted by Gasteiger charge is 2.34. The monoisotopic (exact) mass is 473 g/mol. The van der Waals surface area contributed by atoms with Crippen LogP contribution in [0.2, 0.25) is 0 Å². The number of ketones is 1. The summed E-state index contributed by atoms with van der Waals surface area (Å²) in [5.74, 6) is -0.941. The minimum atomic E-state index is -3.30. The van der Waals surface area contributed by atoms with Crippen LogP contribution < -0.4 is 4.74 Å². The summed E-state index contributed by atoms with van der Waals surface area (Å²) in [7, 11) is 1.43. The normalized spacial score (nSPS) is 16.5. The van der Waals surface area contributed by atoms with Gasteiger partial charge in [0, 0.05) is 18.3 Å². The van der Waals surface area contributed by atoms with Gasteiger partial charge in [0.15, 0.2) is 5.78 Å². The fourth-order valence-corrected chi connectivity index (χ4v) is 4.11. The van der Waals surface area contributed by atoms with Gasteiger partial charge in [0.1, 0.15) is 6.10 Å². The molecule has 8 nitrogen and oxygen atoms in total. The number of Topliss-reactive ketones (excluding diaryl/α,β-unsaturated/α-hetero) is 1. The van der Waals surface area contributed by atoms with Crippen molar-refractivity contribution >= 4 is 20.9 Å². The number of likely N-dealkylation sites (tertiary alicyclic amines) is 1. The second-order valence-electron chi connectivity index (χ2n) is 7.69. The highest BCUT2D eigenvalue weighted by Crippen LogP contribution is 2.39. The largest absolute Gasteiger partial charge is 0.472 e. The smallest absolute Gasteiger partial charge is 0.284 e. The first-order valence-electron chi connectivity index (χ1n) is 10.3. The van der Waals surface area contributed by atoms with Gasteiger partial charge in [0.25, 0.3) is 11.6 Å². The molecule has 0 bridgehead atoms. The molecule has 172 valence electrons. The average molecular weight is 473 g/mol. The highest BCUT2D eigenvalue weighted by molar-refractivity contribution is 7.17. The molecule has 4 rings (SSSR count). The zero-order chi connectivity index (χ0) is 23.6. The maximum Gasteiger partial charge on any atom is 0.284 e. The Morgan fingerprint density at radius 2 is 1.88 bits per heavy atom. The van der Waals surface area contributed by atoms with Crippen LogP contribution in [-0.2, 0) is 5.66 Å². The zero-order valence-corrected chi connectivity index (χ0v) is 19.0. The van der Waals surface area contributed by atoms with Crippen molar-refractivity contribution in [2.45, 2.75) is 31.5 Å². The van der Waals surface area contributed by atoms with Crippen LogP contribution in [0.5, 0.6) is 5.88 Å². The second-order valence-corrected chi connectivity index (χ2v) is 8.41. The molecule has 0 saturated carbocycles. The number of ether oxygens (including phenoxy) is 1. The molecule has 1 aromatic carbocycles. The molecular weight excluding hydrogens is 451 g/mol. The summed E-state index contributed by atoms with van der Waals surface area (Å²) >= 11 is 0. The van der Waals surface area contributed by atoms with Gasteiger partial charge < -0.3 is 9.64 Å². The molecule has 1 aliphatic rings. The van der Waals surface area contributed by atoms with E-state index >= 15 is 0 Å². The minimum Gasteiger partial charge on any atom is -0.472 e. The molecule has 1 fully saturated rings. The Bertz CT molecular complexity index is 1170. The molecule has 3 aromatic rings. The number of para-hydroxylation sites is 1. The number of benzene rings is 1. The first-order valence-corrected chi connectivity index (χ1v) is 10.9. The predicted molar refractivity (Wildman–Crippen MR) is 119 cm³/mol. The number of aromatic nitrogens is 4. The molecule has 1 aliphatic heterocycles. The summed E-state index contributed by atoms with van der Waals surface area (Å²) in [5.41, 5.74) is -3.04. The first kappa shape index (κ1) is 22.9. The summed E-state index contributed by atoms with van der Waals surface area (Å²) < 4.78 is 33.9. The quantitative estimate of drug-likeness (QED) is 0.402. The van der Waals surface area contributed by atoms with E-state index in [0.717, 1.165) is 6.07 Å². The predicted octanol–water partition coefficient (Wildman–Crippen LogP) is 3.47. The van der Waals surface area contributed by atoms with Crippen LogP contribution >= 0.6 is 9.24 Å². The number of halogens is 2. The zero-order valence-electron chi connectivity index (χ0n) is 17.8. The number of hydrogen-bond donors (Lipinski definition) is 0. The standard InChI is InChI=1S/C22H22F2N5O3P/c1-14(30)19-17(22(23,24)33)8-9-25-20(19)32-15-5-4-12-28(13-15)21(31)16-6-2-3-7-18(16)29-26-10-11-27-29/h2-3,6-11,15H,4-5,12-13,33H2,1H3. The molecule has 0 aliphatic carbocycles. The molecule has 0 spiro atoms. The van der Waals surface area contributed by atoms with E-state index in [1.54, 1.807) is 29.2 Å². The first-order chi connectivity index (χ1) is 15.8. The Kier molecular flexibility index (Phi) is 6.47. The summed E-state index contributed by atoms with van der Waals surface area (Å²) in [5, 5.41) is 8.21. The Balaban J connectivity index is 1.57. The molecule has 2 aromatic heterocycles. The second kappa shape index (κ2) is 9.31. The number of rotatable bonds is 6. The minimum absolute atomic E-state index is 0.150. The lowest BCUT2D eigenvalue weighted by molar-refractivity contribution is 0.0519. The highest BCUT2D eigenvalue weighted by atomic mass is 31.0. The number of piperidine rings is 1. The van der Waals surface area contributed by atoms with Crippen LogP contribution in [0.15, 0.2) is 48.9 Å². The number of hydrogen-bond acceptors (Lipinski definition) is 6. The summed E-state index contributed by atoms with van der Waals surface area (Å²) in [6.07, 6.45) is 4.97. The van der Waals surface area contributed by atoms with Crippen molar-refractivity contribution in [2.75, 3.05) is 13.1 Å². The van der Waals surface area contributed by atoms with E-state index in [0.29, 0.717) is 30.6 Å². The molecule has 3 heterocycles. The van der Waals surface area contributed by atoms with Crippen molar-refractivity contribution in [1.82, 2.24) is 24.9 Å². The van der Waals surface area contributed by atoms with E-state index in [9.17, 15) is 18.4 Å². The molecule has 2 atom stereocenters. The van der Waals surface area contributed by atoms with Gasteiger partial charge in [-0.05, 0) is 38.0 Å². The molecule has 11 heteroatoms. The van der Waals surface area contributed by atoms with Gasteiger partial charge in [-0.2, -0.15) is 23.8 Å². The third kappa shape index (κ3) is 4.90. The Morgan fingerprint density at radius 1 is 1.15 bits per heavy atom. The van der Waals surface area contributed by atoms with E-state index in [1.807, 2.05) is 0 Å². The number of carbonyl (C=O) groups is 2. The van der Waals surface area contributed by atoms with Crippen LogP contribution in [0.3, 0.4) is 0 Å². The van der Waals surface area contributed by atoms with Gasteiger partial charge in [-0.1, -0.05) is 21.4 Å². The molecule has 2 unspecified atom stereocenters. The van der Waals surface area contributed by atoms with Crippen LogP contribution in [0, 0.1) is 0 Å². The SMILES string of the molecule is CC(=O)c1c(C(F)(F)P)ccnc1OC1CCCN(C(=O)c2ccccc2-n2nccn2)C1. The fraction of sp³-hybridized carbons (Fsp3) is 0.318. The molecule has 1 saturated heterocycles. The number of carbonyl (C=O) groups excluding carboxylic acids is 2. The van der Waals surface area contributed by atoms with Gasteiger partial charge in [-0.15, -0.1) is 0 Å². The third-order valence-corrected chi connectivity index (χ3v) is 5.65. The van der Waals surface area contributed by atoms with Crippen LogP contribution in [0.1, 0.15) is 46.0 Å². The maximum atomic E-state index is 14.0. The lowest BCUT2D eigenvalue weighted by Crippen LogP contribution is -2.44. The van der Waals surface area contributed by atoms with Crippen molar-refractivity contribution < 1.29 is 23.1 Å². The van der Waals surface area contributed by atoms with Crippen molar-refractivity contribution in [2.24, 2.45) is 0 Å². The lowest BCUT2D eigenvalue weighted by atomic mass is 10.0. The van der Waals surface area contributed by atoms with Gasteiger partial charge in [-0.3, -0.25) is 9.59 Å². The van der Waals surface area contributed by atoms with Crippen molar-refractivity contribution in [3.63, 3.8) is 0 Å². The van der Waals surface area contributed by atoms with Crippen LogP contribution in [0.25, 0.3) is 5.69 Å². The van der Waals surface area contributed by atoms with Gasteiger partial charge in [-0.25, -0.2) is 4.98 Å². The molecule has 0 radical (unpaired) electrons. The Labute approximate surface area is 191 Å². The fourth-order valence-electron chi connectivity index (χ4n) is 3.87. The lowest BCUT2D eigenvalue weighted by Gasteiger charge is -2.33.